The zero-order chi connectivity index (χ0) is 14.5. The predicted molar refractivity (Wildman–Crippen MR) is 76.2 cm³/mol. The van der Waals surface area contributed by atoms with Gasteiger partial charge in [0.15, 0.2) is 0 Å². The molecule has 108 valence electrons. The Morgan fingerprint density at radius 3 is 2.63 bits per heavy atom. The van der Waals surface area contributed by atoms with E-state index in [4.69, 9.17) is 28.3 Å². The third-order valence-electron chi connectivity index (χ3n) is 2.22. The molecule has 0 fully saturated rings. The smallest absolute Gasteiger partial charge is 0.242 e. The summed E-state index contributed by atoms with van der Waals surface area (Å²) in [6, 6.07) is 4.26. The maximum atomic E-state index is 12.0. The Morgan fingerprint density at radius 1 is 1.32 bits per heavy atom. The molecule has 1 rings (SSSR count). The highest BCUT2D eigenvalue weighted by Gasteiger charge is 2.17. The fourth-order valence-corrected chi connectivity index (χ4v) is 3.14. The number of halogens is 2. The van der Waals surface area contributed by atoms with Gasteiger partial charge in [-0.25, -0.2) is 13.1 Å². The van der Waals surface area contributed by atoms with Gasteiger partial charge in [0.2, 0.25) is 10.0 Å². The second-order valence-corrected chi connectivity index (χ2v) is 6.60. The maximum Gasteiger partial charge on any atom is 0.242 e. The van der Waals surface area contributed by atoms with Gasteiger partial charge in [0.05, 0.1) is 11.1 Å². The Bertz CT molecular complexity index is 521. The van der Waals surface area contributed by atoms with E-state index in [-0.39, 0.29) is 16.5 Å². The van der Waals surface area contributed by atoms with E-state index in [2.05, 4.69) is 10.0 Å². The lowest BCUT2D eigenvalue weighted by Crippen LogP contribution is -2.34. The van der Waals surface area contributed by atoms with Crippen LogP contribution in [0, 0.1) is 0 Å². The SMILES string of the molecule is CC(O)CNCCNS(=O)(=O)c1cc(Cl)ccc1Cl. The van der Waals surface area contributed by atoms with Crippen LogP contribution in [0.25, 0.3) is 0 Å². The molecule has 0 heterocycles. The first-order valence-electron chi connectivity index (χ1n) is 5.66. The number of sulfonamides is 1. The van der Waals surface area contributed by atoms with Gasteiger partial charge in [-0.1, -0.05) is 23.2 Å². The molecule has 0 amide bonds. The second-order valence-electron chi connectivity index (χ2n) is 4.03. The minimum atomic E-state index is -3.68. The molecule has 0 bridgehead atoms. The van der Waals surface area contributed by atoms with Gasteiger partial charge in [0.1, 0.15) is 4.90 Å². The van der Waals surface area contributed by atoms with Crippen LogP contribution in [0.4, 0.5) is 0 Å². The summed E-state index contributed by atoms with van der Waals surface area (Å²) in [5, 5.41) is 12.3. The first-order valence-corrected chi connectivity index (χ1v) is 7.90. The molecule has 0 aliphatic rings. The lowest BCUT2D eigenvalue weighted by molar-refractivity contribution is 0.192. The van der Waals surface area contributed by atoms with Crippen molar-refractivity contribution in [1.82, 2.24) is 10.0 Å². The van der Waals surface area contributed by atoms with Crippen molar-refractivity contribution in [3.05, 3.63) is 28.2 Å². The zero-order valence-electron chi connectivity index (χ0n) is 10.4. The lowest BCUT2D eigenvalue weighted by atomic mass is 10.4. The summed E-state index contributed by atoms with van der Waals surface area (Å²) in [4.78, 5) is -0.0443. The van der Waals surface area contributed by atoms with Crippen molar-refractivity contribution in [3.63, 3.8) is 0 Å². The quantitative estimate of drug-likeness (QED) is 0.659. The summed E-state index contributed by atoms with van der Waals surface area (Å²) in [5.41, 5.74) is 0. The van der Waals surface area contributed by atoms with Crippen molar-refractivity contribution in [1.29, 1.82) is 0 Å². The molecule has 1 aromatic carbocycles. The fraction of sp³-hybridized carbons (Fsp3) is 0.455. The highest BCUT2D eigenvalue weighted by Crippen LogP contribution is 2.24. The highest BCUT2D eigenvalue weighted by atomic mass is 35.5. The van der Waals surface area contributed by atoms with Gasteiger partial charge in [0.25, 0.3) is 0 Å². The molecule has 3 N–H and O–H groups in total. The summed E-state index contributed by atoms with van der Waals surface area (Å²) in [7, 11) is -3.68. The van der Waals surface area contributed by atoms with Crippen molar-refractivity contribution >= 4 is 33.2 Å². The molecule has 0 saturated heterocycles. The number of nitrogens with one attached hydrogen (secondary N) is 2. The van der Waals surface area contributed by atoms with Crippen molar-refractivity contribution in [2.75, 3.05) is 19.6 Å². The van der Waals surface area contributed by atoms with Crippen LogP contribution in [0.2, 0.25) is 10.0 Å². The van der Waals surface area contributed by atoms with Crippen LogP contribution in [-0.2, 0) is 10.0 Å². The summed E-state index contributed by atoms with van der Waals surface area (Å²) in [5.74, 6) is 0. The van der Waals surface area contributed by atoms with Crippen LogP contribution in [0.3, 0.4) is 0 Å². The summed E-state index contributed by atoms with van der Waals surface area (Å²) < 4.78 is 26.3. The molecular weight excluding hydrogens is 311 g/mol. The van der Waals surface area contributed by atoms with Crippen LogP contribution in [0.1, 0.15) is 6.92 Å². The van der Waals surface area contributed by atoms with Crippen LogP contribution < -0.4 is 10.0 Å². The topological polar surface area (TPSA) is 78.4 Å². The van der Waals surface area contributed by atoms with E-state index in [0.29, 0.717) is 18.1 Å². The van der Waals surface area contributed by atoms with Gasteiger partial charge in [-0.3, -0.25) is 0 Å². The molecule has 0 aliphatic carbocycles. The van der Waals surface area contributed by atoms with E-state index in [1.807, 2.05) is 0 Å². The third kappa shape index (κ3) is 5.64. The summed E-state index contributed by atoms with van der Waals surface area (Å²) >= 11 is 11.6. The van der Waals surface area contributed by atoms with E-state index in [1.165, 1.54) is 18.2 Å². The Morgan fingerprint density at radius 2 is 2.00 bits per heavy atom. The van der Waals surface area contributed by atoms with E-state index >= 15 is 0 Å². The summed E-state index contributed by atoms with van der Waals surface area (Å²) in [6.45, 7) is 2.64. The Kier molecular flexibility index (Phi) is 6.52. The van der Waals surface area contributed by atoms with Crippen molar-refractivity contribution in [2.24, 2.45) is 0 Å². The average Bonchev–Trinajstić information content (AvgIpc) is 2.31. The average molecular weight is 327 g/mol. The first kappa shape index (κ1) is 16.7. The number of aliphatic hydroxyl groups is 1. The maximum absolute atomic E-state index is 12.0. The number of aliphatic hydroxyl groups excluding tert-OH is 1. The lowest BCUT2D eigenvalue weighted by Gasteiger charge is -2.10. The van der Waals surface area contributed by atoms with Gasteiger partial charge in [-0.2, -0.15) is 0 Å². The second kappa shape index (κ2) is 7.42. The molecule has 1 atom stereocenters. The number of hydrogen-bond acceptors (Lipinski definition) is 4. The van der Waals surface area contributed by atoms with Crippen molar-refractivity contribution < 1.29 is 13.5 Å². The molecule has 8 heteroatoms. The molecule has 0 aromatic heterocycles. The van der Waals surface area contributed by atoms with E-state index < -0.39 is 16.1 Å². The van der Waals surface area contributed by atoms with Crippen molar-refractivity contribution in [3.8, 4) is 0 Å². The molecule has 1 unspecified atom stereocenters. The molecular formula is C11H16Cl2N2O3S. The number of benzene rings is 1. The largest absolute Gasteiger partial charge is 0.392 e. The van der Waals surface area contributed by atoms with Gasteiger partial charge in [0, 0.05) is 24.7 Å². The van der Waals surface area contributed by atoms with Crippen LogP contribution >= 0.6 is 23.2 Å². The number of hydrogen-bond donors (Lipinski definition) is 3. The fourth-order valence-electron chi connectivity index (χ4n) is 1.35. The standard InChI is InChI=1S/C11H16Cl2N2O3S/c1-8(16)7-14-4-5-15-19(17,18)11-6-9(12)2-3-10(11)13/h2-3,6,8,14-16H,4-5,7H2,1H3. The molecule has 5 nitrogen and oxygen atoms in total. The van der Waals surface area contributed by atoms with Gasteiger partial charge in [-0.05, 0) is 25.1 Å². The molecule has 19 heavy (non-hydrogen) atoms. The van der Waals surface area contributed by atoms with E-state index in [9.17, 15) is 8.42 Å². The van der Waals surface area contributed by atoms with Gasteiger partial charge >= 0.3 is 0 Å². The Labute approximate surface area is 123 Å². The Hall–Kier alpha value is -0.370. The van der Waals surface area contributed by atoms with Gasteiger partial charge < -0.3 is 10.4 Å². The van der Waals surface area contributed by atoms with Crippen LogP contribution in [0.5, 0.6) is 0 Å². The Balaban J connectivity index is 2.59. The monoisotopic (exact) mass is 326 g/mol. The summed E-state index contributed by atoms with van der Waals surface area (Å²) in [6.07, 6.45) is -0.473. The first-order chi connectivity index (χ1) is 8.83. The molecule has 1 aromatic rings. The minimum absolute atomic E-state index is 0.0443. The van der Waals surface area contributed by atoms with Crippen molar-refractivity contribution in [2.45, 2.75) is 17.9 Å². The van der Waals surface area contributed by atoms with Crippen LogP contribution in [-0.4, -0.2) is 39.3 Å². The van der Waals surface area contributed by atoms with Gasteiger partial charge in [-0.15, -0.1) is 0 Å². The third-order valence-corrected chi connectivity index (χ3v) is 4.39. The van der Waals surface area contributed by atoms with Crippen LogP contribution in [0.15, 0.2) is 23.1 Å². The molecule has 0 aliphatic heterocycles. The number of rotatable bonds is 7. The molecule has 0 spiro atoms. The van der Waals surface area contributed by atoms with E-state index in [0.717, 1.165) is 0 Å². The zero-order valence-corrected chi connectivity index (χ0v) is 12.7. The van der Waals surface area contributed by atoms with E-state index in [1.54, 1.807) is 6.92 Å². The highest BCUT2D eigenvalue weighted by molar-refractivity contribution is 7.89. The predicted octanol–water partition coefficient (Wildman–Crippen LogP) is 1.24. The molecule has 0 saturated carbocycles. The minimum Gasteiger partial charge on any atom is -0.392 e. The molecule has 0 radical (unpaired) electrons. The normalized spacial score (nSPS) is 13.5.